The molecule has 1 aliphatic rings. The van der Waals surface area contributed by atoms with Crippen molar-refractivity contribution in [2.75, 3.05) is 20.2 Å². The highest BCUT2D eigenvalue weighted by Crippen LogP contribution is 2.33. The molecule has 0 bridgehead atoms. The lowest BCUT2D eigenvalue weighted by Crippen LogP contribution is -2.64. The third-order valence-electron chi connectivity index (χ3n) is 6.63. The molecule has 0 saturated carbocycles. The second-order valence-electron chi connectivity index (χ2n) is 9.41. The lowest BCUT2D eigenvalue weighted by molar-refractivity contribution is -0.132. The molecular weight excluding hydrogens is 414 g/mol. The van der Waals surface area contributed by atoms with Gasteiger partial charge in [0.25, 0.3) is 5.91 Å². The topological polar surface area (TPSA) is 63.6 Å². The van der Waals surface area contributed by atoms with Gasteiger partial charge in [0, 0.05) is 24.0 Å². The summed E-state index contributed by atoms with van der Waals surface area (Å²) in [6.45, 7) is 7.59. The highest BCUT2D eigenvalue weighted by molar-refractivity contribution is 6.03. The summed E-state index contributed by atoms with van der Waals surface area (Å²) in [5, 5.41) is 4.10. The van der Waals surface area contributed by atoms with Gasteiger partial charge in [-0.15, -0.1) is 0 Å². The quantitative estimate of drug-likeness (QED) is 0.561. The number of ether oxygens (including phenoxy) is 1. The van der Waals surface area contributed by atoms with Crippen LogP contribution in [0.15, 0.2) is 54.6 Å². The van der Waals surface area contributed by atoms with Gasteiger partial charge in [-0.1, -0.05) is 50.2 Å². The molecule has 0 fully saturated rings. The Hall–Kier alpha value is -3.28. The lowest BCUT2D eigenvalue weighted by Gasteiger charge is -2.44. The van der Waals surface area contributed by atoms with E-state index in [-0.39, 0.29) is 11.8 Å². The molecule has 4 rings (SSSR count). The van der Waals surface area contributed by atoms with Gasteiger partial charge in [-0.3, -0.25) is 9.59 Å². The average molecular weight is 448 g/mol. The van der Waals surface area contributed by atoms with E-state index in [1.807, 2.05) is 66.1 Å². The number of carbonyl (C=O) groups excluding carboxylic acids is 2. The van der Waals surface area contributed by atoms with Crippen molar-refractivity contribution in [2.24, 2.45) is 5.92 Å². The first kappa shape index (κ1) is 22.9. The first-order valence-electron chi connectivity index (χ1n) is 11.7. The minimum atomic E-state index is -0.995. The molecule has 33 heavy (non-hydrogen) atoms. The number of hydrogen-bond donors (Lipinski definition) is 1. The summed E-state index contributed by atoms with van der Waals surface area (Å²) < 4.78 is 7.50. The van der Waals surface area contributed by atoms with E-state index in [1.54, 1.807) is 12.0 Å². The third-order valence-corrected chi connectivity index (χ3v) is 6.63. The van der Waals surface area contributed by atoms with Gasteiger partial charge in [-0.2, -0.15) is 0 Å². The van der Waals surface area contributed by atoms with Gasteiger partial charge in [0.05, 0.1) is 13.7 Å². The molecule has 2 amide bonds. The van der Waals surface area contributed by atoms with Gasteiger partial charge in [-0.25, -0.2) is 0 Å². The Morgan fingerprint density at radius 1 is 1.15 bits per heavy atom. The number of aromatic nitrogens is 1. The Morgan fingerprint density at radius 2 is 1.88 bits per heavy atom. The molecule has 174 valence electrons. The molecule has 0 aliphatic carbocycles. The van der Waals surface area contributed by atoms with E-state index < -0.39 is 5.54 Å². The number of fused-ring (bicyclic) bond motifs is 3. The van der Waals surface area contributed by atoms with Crippen LogP contribution in [-0.4, -0.2) is 47.0 Å². The van der Waals surface area contributed by atoms with Crippen molar-refractivity contribution >= 4 is 22.7 Å². The van der Waals surface area contributed by atoms with Crippen LogP contribution in [0.5, 0.6) is 5.75 Å². The zero-order valence-electron chi connectivity index (χ0n) is 19.9. The summed E-state index contributed by atoms with van der Waals surface area (Å²) >= 11 is 0. The average Bonchev–Trinajstić information content (AvgIpc) is 3.17. The predicted molar refractivity (Wildman–Crippen MR) is 131 cm³/mol. The van der Waals surface area contributed by atoms with E-state index in [1.165, 1.54) is 0 Å². The SMILES string of the molecule is COc1ccccc1CCN1C(=O)c2cc3ccccc3n2C[C@]1(C)C(=O)NCCC(C)C. The number of rotatable bonds is 8. The van der Waals surface area contributed by atoms with Crippen molar-refractivity contribution in [1.29, 1.82) is 0 Å². The van der Waals surface area contributed by atoms with Gasteiger partial charge in [0.2, 0.25) is 5.91 Å². The molecule has 1 aromatic heterocycles. The molecular formula is C27H33N3O3. The molecule has 1 N–H and O–H groups in total. The van der Waals surface area contributed by atoms with E-state index in [9.17, 15) is 9.59 Å². The van der Waals surface area contributed by atoms with Crippen LogP contribution < -0.4 is 10.1 Å². The molecule has 2 aromatic carbocycles. The number of nitrogens with one attached hydrogen (secondary N) is 1. The summed E-state index contributed by atoms with van der Waals surface area (Å²) in [5.74, 6) is 1.06. The first-order chi connectivity index (χ1) is 15.8. The van der Waals surface area contributed by atoms with Crippen LogP contribution in [0.4, 0.5) is 0 Å². The number of methoxy groups -OCH3 is 1. The van der Waals surface area contributed by atoms with Crippen LogP contribution in [0.3, 0.4) is 0 Å². The van der Waals surface area contributed by atoms with Gasteiger partial charge in [0.1, 0.15) is 17.0 Å². The number of hydrogen-bond acceptors (Lipinski definition) is 3. The Balaban J connectivity index is 1.68. The fourth-order valence-corrected chi connectivity index (χ4v) is 4.66. The maximum Gasteiger partial charge on any atom is 0.271 e. The molecule has 0 radical (unpaired) electrons. The smallest absolute Gasteiger partial charge is 0.271 e. The van der Waals surface area contributed by atoms with Crippen molar-refractivity contribution < 1.29 is 14.3 Å². The standard InChI is InChI=1S/C27H33N3O3/c1-19(2)13-15-28-26(32)27(3)18-29-22-11-7-5-10-21(22)17-23(29)25(31)30(27)16-14-20-9-6-8-12-24(20)33-4/h5-12,17,19H,13-16,18H2,1-4H3,(H,28,32)/t27-/m1/s1. The number of amides is 2. The molecule has 2 heterocycles. The zero-order chi connectivity index (χ0) is 23.6. The van der Waals surface area contributed by atoms with Crippen molar-refractivity contribution in [2.45, 2.75) is 45.7 Å². The molecule has 1 atom stereocenters. The number of carbonyl (C=O) groups is 2. The van der Waals surface area contributed by atoms with Crippen molar-refractivity contribution in [3.63, 3.8) is 0 Å². The minimum absolute atomic E-state index is 0.111. The van der Waals surface area contributed by atoms with Crippen molar-refractivity contribution in [1.82, 2.24) is 14.8 Å². The molecule has 1 aliphatic heterocycles. The Kier molecular flexibility index (Phi) is 6.45. The van der Waals surface area contributed by atoms with Crippen LogP contribution in [0.2, 0.25) is 0 Å². The second kappa shape index (κ2) is 9.30. The van der Waals surface area contributed by atoms with Crippen LogP contribution >= 0.6 is 0 Å². The predicted octanol–water partition coefficient (Wildman–Crippen LogP) is 4.27. The number of benzene rings is 2. The molecule has 0 spiro atoms. The van der Waals surface area contributed by atoms with Crippen LogP contribution in [-0.2, 0) is 17.8 Å². The van der Waals surface area contributed by atoms with E-state index >= 15 is 0 Å². The fourth-order valence-electron chi connectivity index (χ4n) is 4.66. The largest absolute Gasteiger partial charge is 0.496 e. The summed E-state index contributed by atoms with van der Waals surface area (Å²) in [4.78, 5) is 29.0. The Bertz CT molecular complexity index is 1170. The van der Waals surface area contributed by atoms with Gasteiger partial charge >= 0.3 is 0 Å². The van der Waals surface area contributed by atoms with E-state index in [2.05, 4.69) is 19.2 Å². The Labute approximate surface area is 195 Å². The zero-order valence-corrected chi connectivity index (χ0v) is 19.9. The van der Waals surface area contributed by atoms with Gasteiger partial charge in [-0.05, 0) is 49.4 Å². The minimum Gasteiger partial charge on any atom is -0.496 e. The molecule has 6 heteroatoms. The molecule has 0 unspecified atom stereocenters. The van der Waals surface area contributed by atoms with E-state index in [4.69, 9.17) is 4.74 Å². The van der Waals surface area contributed by atoms with Crippen molar-refractivity contribution in [3.8, 4) is 5.75 Å². The monoisotopic (exact) mass is 447 g/mol. The van der Waals surface area contributed by atoms with E-state index in [0.717, 1.165) is 28.6 Å². The van der Waals surface area contributed by atoms with Gasteiger partial charge in [0.15, 0.2) is 0 Å². The summed E-state index contributed by atoms with van der Waals surface area (Å²) in [6, 6.07) is 17.7. The second-order valence-corrected chi connectivity index (χ2v) is 9.41. The highest BCUT2D eigenvalue weighted by Gasteiger charge is 2.47. The number of para-hydroxylation sites is 2. The van der Waals surface area contributed by atoms with Crippen molar-refractivity contribution in [3.05, 3.63) is 65.9 Å². The Morgan fingerprint density at radius 3 is 2.64 bits per heavy atom. The summed E-state index contributed by atoms with van der Waals surface area (Å²) in [5.41, 5.74) is 1.63. The van der Waals surface area contributed by atoms with Crippen LogP contribution in [0.25, 0.3) is 10.9 Å². The first-order valence-corrected chi connectivity index (χ1v) is 11.7. The molecule has 6 nitrogen and oxygen atoms in total. The fraction of sp³-hybridized carbons (Fsp3) is 0.407. The summed E-state index contributed by atoms with van der Waals surface area (Å²) in [6.07, 6.45) is 1.50. The highest BCUT2D eigenvalue weighted by atomic mass is 16.5. The number of nitrogens with zero attached hydrogens (tertiary/aromatic N) is 2. The third kappa shape index (κ3) is 4.34. The normalized spacial score (nSPS) is 18.0. The maximum atomic E-state index is 13.8. The maximum absolute atomic E-state index is 13.8. The van der Waals surface area contributed by atoms with E-state index in [0.29, 0.717) is 37.7 Å². The van der Waals surface area contributed by atoms with Gasteiger partial charge < -0.3 is 19.5 Å². The molecule has 0 saturated heterocycles. The summed E-state index contributed by atoms with van der Waals surface area (Å²) in [7, 11) is 1.65. The molecule has 3 aromatic rings. The lowest BCUT2D eigenvalue weighted by atomic mass is 9.93. The van der Waals surface area contributed by atoms with Crippen LogP contribution in [0, 0.1) is 5.92 Å². The van der Waals surface area contributed by atoms with Crippen LogP contribution in [0.1, 0.15) is 43.2 Å².